The van der Waals surface area contributed by atoms with Crippen molar-refractivity contribution in [2.45, 2.75) is 13.3 Å². The summed E-state index contributed by atoms with van der Waals surface area (Å²) in [6.45, 7) is 2.07. The highest BCUT2D eigenvalue weighted by Crippen LogP contribution is 2.35. The van der Waals surface area contributed by atoms with E-state index in [1.165, 1.54) is 12.1 Å². The van der Waals surface area contributed by atoms with Gasteiger partial charge in [0, 0.05) is 17.1 Å². The van der Waals surface area contributed by atoms with Gasteiger partial charge in [0.05, 0.1) is 10.2 Å². The Balaban J connectivity index is 2.61. The van der Waals surface area contributed by atoms with Crippen LogP contribution in [0.15, 0.2) is 27.1 Å². The number of rotatable bonds is 2. The van der Waals surface area contributed by atoms with Crippen molar-refractivity contribution in [3.05, 3.63) is 38.7 Å². The third-order valence-electron chi connectivity index (χ3n) is 2.62. The van der Waals surface area contributed by atoms with E-state index >= 15 is 0 Å². The first-order chi connectivity index (χ1) is 8.04. The fourth-order valence-corrected chi connectivity index (χ4v) is 3.14. The standard InChI is InChI=1S/C12H11Br2FN2/c1-3-10-11(14)12(16-17(10)2)8-5-4-7(15)6-9(8)13/h4-6H,3H2,1-2H3. The van der Waals surface area contributed by atoms with E-state index in [9.17, 15) is 4.39 Å². The van der Waals surface area contributed by atoms with Crippen LogP contribution in [0.4, 0.5) is 4.39 Å². The van der Waals surface area contributed by atoms with Crippen molar-refractivity contribution < 1.29 is 4.39 Å². The van der Waals surface area contributed by atoms with E-state index in [4.69, 9.17) is 0 Å². The van der Waals surface area contributed by atoms with Gasteiger partial charge in [-0.3, -0.25) is 4.68 Å². The fourth-order valence-electron chi connectivity index (χ4n) is 1.77. The predicted octanol–water partition coefficient (Wildman–Crippen LogP) is 4.31. The lowest BCUT2D eigenvalue weighted by Gasteiger charge is -2.01. The summed E-state index contributed by atoms with van der Waals surface area (Å²) in [6.07, 6.45) is 0.892. The Morgan fingerprint density at radius 2 is 2.06 bits per heavy atom. The number of hydrogen-bond donors (Lipinski definition) is 0. The molecule has 0 atom stereocenters. The molecule has 0 saturated heterocycles. The molecule has 90 valence electrons. The van der Waals surface area contributed by atoms with Crippen molar-refractivity contribution in [2.75, 3.05) is 0 Å². The molecule has 0 unspecified atom stereocenters. The smallest absolute Gasteiger partial charge is 0.124 e. The molecule has 1 aromatic carbocycles. The first-order valence-corrected chi connectivity index (χ1v) is 6.80. The van der Waals surface area contributed by atoms with Crippen LogP contribution in [0.25, 0.3) is 11.3 Å². The Hall–Kier alpha value is -0.680. The molecule has 1 heterocycles. The largest absolute Gasteiger partial charge is 0.271 e. The third-order valence-corrected chi connectivity index (χ3v) is 4.11. The zero-order chi connectivity index (χ0) is 12.6. The van der Waals surface area contributed by atoms with Gasteiger partial charge >= 0.3 is 0 Å². The Morgan fingerprint density at radius 3 is 2.59 bits per heavy atom. The number of nitrogens with zero attached hydrogens (tertiary/aromatic N) is 2. The molecule has 17 heavy (non-hydrogen) atoms. The van der Waals surface area contributed by atoms with Crippen molar-refractivity contribution >= 4 is 31.9 Å². The van der Waals surface area contributed by atoms with E-state index in [1.54, 1.807) is 6.07 Å². The Morgan fingerprint density at radius 1 is 1.35 bits per heavy atom. The molecule has 0 saturated carbocycles. The molecule has 2 nitrogen and oxygen atoms in total. The molecule has 2 rings (SSSR count). The Kier molecular flexibility index (Phi) is 3.68. The molecule has 2 aromatic rings. The van der Waals surface area contributed by atoms with Crippen molar-refractivity contribution in [3.63, 3.8) is 0 Å². The van der Waals surface area contributed by atoms with Crippen LogP contribution in [0.2, 0.25) is 0 Å². The first kappa shape index (κ1) is 12.8. The van der Waals surface area contributed by atoms with Crippen LogP contribution in [0.3, 0.4) is 0 Å². The normalized spacial score (nSPS) is 10.9. The summed E-state index contributed by atoms with van der Waals surface area (Å²) in [5.74, 6) is -0.261. The molecule has 0 aliphatic heterocycles. The molecule has 0 N–H and O–H groups in total. The van der Waals surface area contributed by atoms with E-state index < -0.39 is 0 Å². The summed E-state index contributed by atoms with van der Waals surface area (Å²) in [5, 5.41) is 4.46. The van der Waals surface area contributed by atoms with Crippen molar-refractivity contribution in [2.24, 2.45) is 7.05 Å². The molecule has 0 aliphatic carbocycles. The SMILES string of the molecule is CCc1c(Br)c(-c2ccc(F)cc2Br)nn1C. The van der Waals surface area contributed by atoms with Gasteiger partial charge in [-0.25, -0.2) is 4.39 Å². The van der Waals surface area contributed by atoms with E-state index in [-0.39, 0.29) is 5.82 Å². The molecular weight excluding hydrogens is 351 g/mol. The minimum absolute atomic E-state index is 0.261. The van der Waals surface area contributed by atoms with Gasteiger partial charge in [0.15, 0.2) is 0 Å². The van der Waals surface area contributed by atoms with Crippen LogP contribution in [0.1, 0.15) is 12.6 Å². The maximum Gasteiger partial charge on any atom is 0.124 e. The average Bonchev–Trinajstić information content (AvgIpc) is 2.54. The molecule has 0 aliphatic rings. The highest BCUT2D eigenvalue weighted by molar-refractivity contribution is 9.11. The quantitative estimate of drug-likeness (QED) is 0.779. The molecule has 0 bridgehead atoms. The maximum absolute atomic E-state index is 13.0. The van der Waals surface area contributed by atoms with E-state index in [0.29, 0.717) is 4.47 Å². The summed E-state index contributed by atoms with van der Waals surface area (Å²) >= 11 is 6.92. The predicted molar refractivity (Wildman–Crippen MR) is 73.4 cm³/mol. The van der Waals surface area contributed by atoms with Gasteiger partial charge in [-0.2, -0.15) is 5.10 Å². The van der Waals surface area contributed by atoms with Gasteiger partial charge in [0.1, 0.15) is 11.5 Å². The Labute approximate surface area is 116 Å². The van der Waals surface area contributed by atoms with Gasteiger partial charge in [-0.1, -0.05) is 6.92 Å². The topological polar surface area (TPSA) is 17.8 Å². The number of hydrogen-bond acceptors (Lipinski definition) is 1. The monoisotopic (exact) mass is 360 g/mol. The zero-order valence-electron chi connectivity index (χ0n) is 9.47. The van der Waals surface area contributed by atoms with E-state index in [0.717, 1.165) is 27.8 Å². The number of halogens is 3. The summed E-state index contributed by atoms with van der Waals surface area (Å²) < 4.78 is 16.6. The van der Waals surface area contributed by atoms with Crippen LogP contribution >= 0.6 is 31.9 Å². The lowest BCUT2D eigenvalue weighted by molar-refractivity contribution is 0.627. The second-order valence-corrected chi connectivity index (χ2v) is 5.36. The van der Waals surface area contributed by atoms with E-state index in [2.05, 4.69) is 43.9 Å². The average molecular weight is 362 g/mol. The second kappa shape index (κ2) is 4.90. The van der Waals surface area contributed by atoms with Crippen LogP contribution in [-0.4, -0.2) is 9.78 Å². The van der Waals surface area contributed by atoms with Crippen LogP contribution in [-0.2, 0) is 13.5 Å². The van der Waals surface area contributed by atoms with Gasteiger partial charge in [0.2, 0.25) is 0 Å². The van der Waals surface area contributed by atoms with Crippen molar-refractivity contribution in [3.8, 4) is 11.3 Å². The molecular formula is C12H11Br2FN2. The number of aromatic nitrogens is 2. The van der Waals surface area contributed by atoms with E-state index in [1.807, 2.05) is 11.7 Å². The maximum atomic E-state index is 13.0. The lowest BCUT2D eigenvalue weighted by Crippen LogP contribution is -1.96. The van der Waals surface area contributed by atoms with Crippen LogP contribution < -0.4 is 0 Å². The van der Waals surface area contributed by atoms with Crippen molar-refractivity contribution in [1.29, 1.82) is 0 Å². The number of aryl methyl sites for hydroxylation is 1. The molecule has 5 heteroatoms. The highest BCUT2D eigenvalue weighted by atomic mass is 79.9. The van der Waals surface area contributed by atoms with Gasteiger partial charge in [-0.05, 0) is 56.5 Å². The summed E-state index contributed by atoms with van der Waals surface area (Å²) in [6, 6.07) is 4.61. The van der Waals surface area contributed by atoms with Gasteiger partial charge < -0.3 is 0 Å². The van der Waals surface area contributed by atoms with Crippen LogP contribution in [0.5, 0.6) is 0 Å². The zero-order valence-corrected chi connectivity index (χ0v) is 12.6. The second-order valence-electron chi connectivity index (χ2n) is 3.71. The molecule has 0 fully saturated rings. The first-order valence-electron chi connectivity index (χ1n) is 5.21. The molecule has 0 radical (unpaired) electrons. The molecule has 0 amide bonds. The minimum Gasteiger partial charge on any atom is -0.271 e. The molecule has 1 aromatic heterocycles. The van der Waals surface area contributed by atoms with Gasteiger partial charge in [-0.15, -0.1) is 0 Å². The summed E-state index contributed by atoms with van der Waals surface area (Å²) in [7, 11) is 1.91. The lowest BCUT2D eigenvalue weighted by atomic mass is 10.1. The minimum atomic E-state index is -0.261. The van der Waals surface area contributed by atoms with Crippen LogP contribution in [0, 0.1) is 5.82 Å². The summed E-state index contributed by atoms with van der Waals surface area (Å²) in [4.78, 5) is 0. The van der Waals surface area contributed by atoms with Gasteiger partial charge in [0.25, 0.3) is 0 Å². The summed E-state index contributed by atoms with van der Waals surface area (Å²) in [5.41, 5.74) is 2.83. The van der Waals surface area contributed by atoms with Crippen molar-refractivity contribution in [1.82, 2.24) is 9.78 Å². The Bertz CT molecular complexity index is 564. The third kappa shape index (κ3) is 2.31. The fraction of sp³-hybridized carbons (Fsp3) is 0.250. The number of benzene rings is 1. The molecule has 0 spiro atoms. The highest BCUT2D eigenvalue weighted by Gasteiger charge is 2.16.